The van der Waals surface area contributed by atoms with Crippen molar-refractivity contribution >= 4 is 22.6 Å². The first-order chi connectivity index (χ1) is 17.1. The number of piperidine rings is 2. The molecule has 2 aromatic carbocycles. The Morgan fingerprint density at radius 2 is 1.80 bits per heavy atom. The molecule has 35 heavy (non-hydrogen) atoms. The average molecular weight is 474 g/mol. The van der Waals surface area contributed by atoms with Crippen LogP contribution in [0.15, 0.2) is 48.7 Å². The number of fused-ring (bicyclic) bond motifs is 1. The molecule has 0 bridgehead atoms. The molecule has 2 aliphatic heterocycles. The van der Waals surface area contributed by atoms with E-state index in [4.69, 9.17) is 0 Å². The molecular formula is C28H32FN5O. The van der Waals surface area contributed by atoms with Crippen LogP contribution in [0.3, 0.4) is 0 Å². The van der Waals surface area contributed by atoms with Crippen LogP contribution in [-0.2, 0) is 0 Å². The summed E-state index contributed by atoms with van der Waals surface area (Å²) in [6.07, 6.45) is 7.43. The molecule has 0 radical (unpaired) electrons. The van der Waals surface area contributed by atoms with Gasteiger partial charge in [-0.25, -0.2) is 9.18 Å². The van der Waals surface area contributed by atoms with Gasteiger partial charge in [0, 0.05) is 49.0 Å². The second kappa shape index (κ2) is 10.5. The molecule has 182 valence electrons. The first-order valence-corrected chi connectivity index (χ1v) is 12.7. The van der Waals surface area contributed by atoms with E-state index in [9.17, 15) is 14.4 Å². The molecule has 3 aromatic rings. The quantitative estimate of drug-likeness (QED) is 0.534. The van der Waals surface area contributed by atoms with Gasteiger partial charge in [0.1, 0.15) is 5.82 Å². The second-order valence-electron chi connectivity index (χ2n) is 9.69. The molecule has 0 aliphatic carbocycles. The summed E-state index contributed by atoms with van der Waals surface area (Å²) in [6.45, 7) is 4.88. The minimum Gasteiger partial charge on any atom is -0.361 e. The van der Waals surface area contributed by atoms with Crippen LogP contribution >= 0.6 is 0 Å². The molecule has 1 N–H and O–H groups in total. The molecule has 0 saturated carbocycles. The summed E-state index contributed by atoms with van der Waals surface area (Å²) in [6, 6.07) is 14.4. The molecule has 2 aliphatic rings. The highest BCUT2D eigenvalue weighted by molar-refractivity contribution is 5.92. The molecular weight excluding hydrogens is 441 g/mol. The maximum absolute atomic E-state index is 13.5. The van der Waals surface area contributed by atoms with Gasteiger partial charge in [-0.2, -0.15) is 5.26 Å². The van der Waals surface area contributed by atoms with Gasteiger partial charge in [-0.15, -0.1) is 0 Å². The summed E-state index contributed by atoms with van der Waals surface area (Å²) in [5, 5.41) is 10.4. The van der Waals surface area contributed by atoms with Gasteiger partial charge < -0.3 is 14.8 Å². The number of hydrogen-bond acceptors (Lipinski definition) is 3. The van der Waals surface area contributed by atoms with E-state index in [2.05, 4.69) is 22.1 Å². The second-order valence-corrected chi connectivity index (χ2v) is 9.69. The van der Waals surface area contributed by atoms with E-state index in [1.807, 2.05) is 28.0 Å². The monoisotopic (exact) mass is 473 g/mol. The molecule has 2 fully saturated rings. The standard InChI is InChI=1S/C28H32FN5O/c29-23-5-7-24(8-6-23)34(28(35)33-12-2-1-3-13-33)17-16-32-14-10-22(11-15-32)26-20-31-27-9-4-21(19-30)18-25(26)27/h4-9,18,20,22,31H,1-3,10-17H2. The maximum atomic E-state index is 13.5. The number of halogens is 1. The Bertz CT molecular complexity index is 1200. The number of benzene rings is 2. The number of urea groups is 1. The fraction of sp³-hybridized carbons (Fsp3) is 0.429. The molecule has 3 heterocycles. The SMILES string of the molecule is N#Cc1ccc2[nH]cc(C3CCN(CCN(C(=O)N4CCCCC4)c4ccc(F)cc4)CC3)c2c1. The van der Waals surface area contributed by atoms with Crippen molar-refractivity contribution in [1.29, 1.82) is 5.26 Å². The van der Waals surface area contributed by atoms with Crippen molar-refractivity contribution in [2.75, 3.05) is 44.2 Å². The third-order valence-electron chi connectivity index (χ3n) is 7.51. The maximum Gasteiger partial charge on any atom is 0.324 e. The topological polar surface area (TPSA) is 66.4 Å². The van der Waals surface area contributed by atoms with Gasteiger partial charge >= 0.3 is 6.03 Å². The first kappa shape index (κ1) is 23.4. The van der Waals surface area contributed by atoms with Crippen LogP contribution in [0.4, 0.5) is 14.9 Å². The van der Waals surface area contributed by atoms with Gasteiger partial charge in [0.15, 0.2) is 0 Å². The van der Waals surface area contributed by atoms with E-state index in [1.54, 1.807) is 12.1 Å². The molecule has 7 heteroatoms. The lowest BCUT2D eigenvalue weighted by atomic mass is 9.89. The Kier molecular flexibility index (Phi) is 7.01. The molecule has 0 atom stereocenters. The largest absolute Gasteiger partial charge is 0.361 e. The zero-order chi connectivity index (χ0) is 24.2. The highest BCUT2D eigenvalue weighted by Gasteiger charge is 2.27. The number of aromatic amines is 1. The van der Waals surface area contributed by atoms with Crippen molar-refractivity contribution in [3.63, 3.8) is 0 Å². The van der Waals surface area contributed by atoms with E-state index < -0.39 is 0 Å². The number of nitrogens with zero attached hydrogens (tertiary/aromatic N) is 4. The fourth-order valence-corrected chi connectivity index (χ4v) is 5.47. The highest BCUT2D eigenvalue weighted by Crippen LogP contribution is 2.33. The molecule has 2 saturated heterocycles. The number of carbonyl (C=O) groups is 1. The lowest BCUT2D eigenvalue weighted by molar-refractivity contribution is 0.187. The fourth-order valence-electron chi connectivity index (χ4n) is 5.47. The van der Waals surface area contributed by atoms with Crippen molar-refractivity contribution < 1.29 is 9.18 Å². The van der Waals surface area contributed by atoms with Gasteiger partial charge in [0.2, 0.25) is 0 Å². The van der Waals surface area contributed by atoms with Gasteiger partial charge in [0.25, 0.3) is 0 Å². The van der Waals surface area contributed by atoms with E-state index >= 15 is 0 Å². The van der Waals surface area contributed by atoms with Crippen LogP contribution in [0.1, 0.15) is 49.1 Å². The number of amides is 2. The number of rotatable bonds is 5. The number of nitrogens with one attached hydrogen (secondary N) is 1. The predicted molar refractivity (Wildman–Crippen MR) is 136 cm³/mol. The van der Waals surface area contributed by atoms with E-state index in [1.165, 1.54) is 24.1 Å². The third kappa shape index (κ3) is 5.18. The van der Waals surface area contributed by atoms with Crippen LogP contribution in [0.5, 0.6) is 0 Å². The number of H-pyrrole nitrogens is 1. The van der Waals surface area contributed by atoms with Crippen molar-refractivity contribution in [3.05, 3.63) is 65.6 Å². The van der Waals surface area contributed by atoms with Gasteiger partial charge in [-0.1, -0.05) is 0 Å². The van der Waals surface area contributed by atoms with E-state index in [0.717, 1.165) is 75.0 Å². The van der Waals surface area contributed by atoms with Gasteiger partial charge in [-0.3, -0.25) is 4.90 Å². The van der Waals surface area contributed by atoms with E-state index in [0.29, 0.717) is 18.0 Å². The van der Waals surface area contributed by atoms with Crippen LogP contribution in [-0.4, -0.2) is 60.1 Å². The van der Waals surface area contributed by atoms with Crippen molar-refractivity contribution in [3.8, 4) is 6.07 Å². The smallest absolute Gasteiger partial charge is 0.324 e. The Balaban J connectivity index is 1.23. The Morgan fingerprint density at radius 1 is 1.06 bits per heavy atom. The Hall–Kier alpha value is -3.37. The molecule has 5 rings (SSSR count). The zero-order valence-electron chi connectivity index (χ0n) is 20.0. The number of nitriles is 1. The number of likely N-dealkylation sites (tertiary alicyclic amines) is 2. The van der Waals surface area contributed by atoms with Gasteiger partial charge in [-0.05, 0) is 99.1 Å². The Labute approximate surface area is 205 Å². The summed E-state index contributed by atoms with van der Waals surface area (Å²) >= 11 is 0. The van der Waals surface area contributed by atoms with Gasteiger partial charge in [0.05, 0.1) is 11.6 Å². The first-order valence-electron chi connectivity index (χ1n) is 12.7. The lowest BCUT2D eigenvalue weighted by Crippen LogP contribution is -2.48. The minimum atomic E-state index is -0.291. The average Bonchev–Trinajstić information content (AvgIpc) is 3.33. The molecule has 6 nitrogen and oxygen atoms in total. The zero-order valence-corrected chi connectivity index (χ0v) is 20.0. The summed E-state index contributed by atoms with van der Waals surface area (Å²) in [5.41, 5.74) is 3.82. The molecule has 1 aromatic heterocycles. The summed E-state index contributed by atoms with van der Waals surface area (Å²) < 4.78 is 13.5. The molecule has 0 spiro atoms. The van der Waals surface area contributed by atoms with Crippen LogP contribution in [0, 0.1) is 17.1 Å². The van der Waals surface area contributed by atoms with Crippen LogP contribution < -0.4 is 4.90 Å². The van der Waals surface area contributed by atoms with Crippen LogP contribution in [0.2, 0.25) is 0 Å². The normalized spacial score (nSPS) is 17.4. The minimum absolute atomic E-state index is 0.0262. The number of aromatic nitrogens is 1. The number of carbonyl (C=O) groups excluding carboxylic acids is 1. The third-order valence-corrected chi connectivity index (χ3v) is 7.51. The van der Waals surface area contributed by atoms with Crippen molar-refractivity contribution in [2.45, 2.75) is 38.0 Å². The van der Waals surface area contributed by atoms with Crippen molar-refractivity contribution in [2.24, 2.45) is 0 Å². The summed E-state index contributed by atoms with van der Waals surface area (Å²) in [7, 11) is 0. The lowest BCUT2D eigenvalue weighted by Gasteiger charge is -2.36. The highest BCUT2D eigenvalue weighted by atomic mass is 19.1. The Morgan fingerprint density at radius 3 is 2.51 bits per heavy atom. The molecule has 0 unspecified atom stereocenters. The van der Waals surface area contributed by atoms with E-state index in [-0.39, 0.29) is 11.8 Å². The summed E-state index contributed by atoms with van der Waals surface area (Å²) in [4.78, 5) is 22.9. The van der Waals surface area contributed by atoms with Crippen LogP contribution in [0.25, 0.3) is 10.9 Å². The number of anilines is 1. The predicted octanol–water partition coefficient (Wildman–Crippen LogP) is 5.47. The summed E-state index contributed by atoms with van der Waals surface area (Å²) in [5.74, 6) is 0.164. The number of hydrogen-bond donors (Lipinski definition) is 1. The molecule has 2 amide bonds. The van der Waals surface area contributed by atoms with Crippen molar-refractivity contribution in [1.82, 2.24) is 14.8 Å².